The van der Waals surface area contributed by atoms with E-state index in [-0.39, 0.29) is 22.9 Å². The molecule has 0 aliphatic rings. The molecule has 0 aliphatic carbocycles. The molecule has 0 radical (unpaired) electrons. The third kappa shape index (κ3) is 3.92. The number of nitrogens with one attached hydrogen (secondary N) is 1. The Morgan fingerprint density at radius 1 is 1.50 bits per heavy atom. The highest BCUT2D eigenvalue weighted by molar-refractivity contribution is 5.95. The molecule has 0 saturated heterocycles. The Kier molecular flexibility index (Phi) is 5.92. The zero-order valence-corrected chi connectivity index (χ0v) is 11.9. The van der Waals surface area contributed by atoms with Gasteiger partial charge in [0.1, 0.15) is 0 Å². The van der Waals surface area contributed by atoms with Gasteiger partial charge in [-0.2, -0.15) is 0 Å². The highest BCUT2D eigenvalue weighted by Crippen LogP contribution is 2.28. The molecular formula is C13H19N3O4. The van der Waals surface area contributed by atoms with Crippen LogP contribution < -0.4 is 10.1 Å². The average molecular weight is 281 g/mol. The van der Waals surface area contributed by atoms with E-state index in [2.05, 4.69) is 5.32 Å². The van der Waals surface area contributed by atoms with Gasteiger partial charge >= 0.3 is 5.69 Å². The summed E-state index contributed by atoms with van der Waals surface area (Å²) >= 11 is 0. The summed E-state index contributed by atoms with van der Waals surface area (Å²) in [6.45, 7) is 3.25. The van der Waals surface area contributed by atoms with Crippen molar-refractivity contribution in [3.63, 3.8) is 0 Å². The van der Waals surface area contributed by atoms with Crippen LogP contribution in [0.15, 0.2) is 18.2 Å². The molecule has 7 nitrogen and oxygen atoms in total. The summed E-state index contributed by atoms with van der Waals surface area (Å²) in [4.78, 5) is 24.1. The number of nitrogens with zero attached hydrogens (tertiary/aromatic N) is 2. The van der Waals surface area contributed by atoms with Crippen LogP contribution in [0.2, 0.25) is 0 Å². The Morgan fingerprint density at radius 3 is 2.75 bits per heavy atom. The molecule has 0 atom stereocenters. The van der Waals surface area contributed by atoms with Crippen LogP contribution in [-0.2, 0) is 0 Å². The number of hydrogen-bond donors (Lipinski definition) is 1. The molecule has 1 rings (SSSR count). The summed E-state index contributed by atoms with van der Waals surface area (Å²) in [6, 6.07) is 4.25. The maximum atomic E-state index is 12.1. The molecular weight excluding hydrogens is 262 g/mol. The van der Waals surface area contributed by atoms with E-state index < -0.39 is 4.92 Å². The standard InChI is InChI=1S/C13H19N3O4/c1-4-20-12-6-5-10(9-11(12)16(18)19)13(17)15(3)8-7-14-2/h5-6,9,14H,4,7-8H2,1-3H3. The van der Waals surface area contributed by atoms with Crippen molar-refractivity contribution < 1.29 is 14.5 Å². The topological polar surface area (TPSA) is 84.7 Å². The molecule has 0 spiro atoms. The third-order valence-corrected chi connectivity index (χ3v) is 2.75. The van der Waals surface area contributed by atoms with E-state index in [9.17, 15) is 14.9 Å². The summed E-state index contributed by atoms with van der Waals surface area (Å²) in [7, 11) is 3.45. The summed E-state index contributed by atoms with van der Waals surface area (Å²) in [5.74, 6) is -0.0849. The van der Waals surface area contributed by atoms with E-state index in [1.165, 1.54) is 23.1 Å². The predicted molar refractivity (Wildman–Crippen MR) is 75.2 cm³/mol. The first-order valence-electron chi connectivity index (χ1n) is 6.32. The Labute approximate surface area is 117 Å². The number of carbonyl (C=O) groups is 1. The van der Waals surface area contributed by atoms with Crippen molar-refractivity contribution in [2.24, 2.45) is 0 Å². The van der Waals surface area contributed by atoms with E-state index in [1.807, 2.05) is 0 Å². The van der Waals surface area contributed by atoms with Crippen LogP contribution in [-0.4, -0.2) is 49.5 Å². The van der Waals surface area contributed by atoms with Crippen LogP contribution >= 0.6 is 0 Å². The van der Waals surface area contributed by atoms with E-state index in [0.29, 0.717) is 19.7 Å². The van der Waals surface area contributed by atoms with Crippen LogP contribution in [0.1, 0.15) is 17.3 Å². The van der Waals surface area contributed by atoms with Crippen LogP contribution in [0.4, 0.5) is 5.69 Å². The van der Waals surface area contributed by atoms with Crippen molar-refractivity contribution in [3.05, 3.63) is 33.9 Å². The first-order valence-corrected chi connectivity index (χ1v) is 6.32. The molecule has 110 valence electrons. The number of rotatable bonds is 7. The van der Waals surface area contributed by atoms with Gasteiger partial charge in [0, 0.05) is 31.8 Å². The lowest BCUT2D eigenvalue weighted by molar-refractivity contribution is -0.385. The summed E-state index contributed by atoms with van der Waals surface area (Å²) in [6.07, 6.45) is 0. The van der Waals surface area contributed by atoms with Gasteiger partial charge in [-0.15, -0.1) is 0 Å². The van der Waals surface area contributed by atoms with E-state index >= 15 is 0 Å². The molecule has 0 aliphatic heterocycles. The number of nitro groups is 1. The van der Waals surface area contributed by atoms with Crippen molar-refractivity contribution in [2.75, 3.05) is 33.8 Å². The summed E-state index contributed by atoms with van der Waals surface area (Å²) in [5, 5.41) is 13.9. The zero-order chi connectivity index (χ0) is 15.1. The maximum Gasteiger partial charge on any atom is 0.311 e. The van der Waals surface area contributed by atoms with Gasteiger partial charge < -0.3 is 15.0 Å². The lowest BCUT2D eigenvalue weighted by atomic mass is 10.1. The summed E-state index contributed by atoms with van der Waals surface area (Å²) < 4.78 is 5.18. The lowest BCUT2D eigenvalue weighted by Crippen LogP contribution is -2.32. The van der Waals surface area contributed by atoms with Gasteiger partial charge in [-0.05, 0) is 26.1 Å². The smallest absolute Gasteiger partial charge is 0.311 e. The zero-order valence-electron chi connectivity index (χ0n) is 11.9. The fourth-order valence-corrected chi connectivity index (χ4v) is 1.67. The van der Waals surface area contributed by atoms with E-state index in [4.69, 9.17) is 4.74 Å². The summed E-state index contributed by atoms with van der Waals surface area (Å²) in [5.41, 5.74) is 0.0819. The molecule has 0 fully saturated rings. The monoisotopic (exact) mass is 281 g/mol. The van der Waals surface area contributed by atoms with Gasteiger partial charge in [0.05, 0.1) is 11.5 Å². The van der Waals surface area contributed by atoms with E-state index in [1.54, 1.807) is 21.0 Å². The molecule has 1 amide bonds. The van der Waals surface area contributed by atoms with Crippen molar-refractivity contribution >= 4 is 11.6 Å². The van der Waals surface area contributed by atoms with Gasteiger partial charge in [0.25, 0.3) is 5.91 Å². The van der Waals surface area contributed by atoms with E-state index in [0.717, 1.165) is 0 Å². The average Bonchev–Trinajstić information content (AvgIpc) is 2.44. The normalized spacial score (nSPS) is 10.2. The number of nitro benzene ring substituents is 1. The molecule has 0 bridgehead atoms. The number of likely N-dealkylation sites (N-methyl/N-ethyl adjacent to an activating group) is 2. The van der Waals surface area contributed by atoms with Crippen molar-refractivity contribution in [2.45, 2.75) is 6.92 Å². The highest BCUT2D eigenvalue weighted by Gasteiger charge is 2.20. The second kappa shape index (κ2) is 7.44. The van der Waals surface area contributed by atoms with Gasteiger partial charge in [-0.3, -0.25) is 14.9 Å². The number of carbonyl (C=O) groups excluding carboxylic acids is 1. The van der Waals surface area contributed by atoms with Crippen molar-refractivity contribution in [1.82, 2.24) is 10.2 Å². The Morgan fingerprint density at radius 2 is 2.20 bits per heavy atom. The molecule has 1 aromatic carbocycles. The first-order chi connectivity index (χ1) is 9.51. The second-order valence-electron chi connectivity index (χ2n) is 4.20. The molecule has 0 saturated carbocycles. The second-order valence-corrected chi connectivity index (χ2v) is 4.20. The maximum absolute atomic E-state index is 12.1. The molecule has 0 unspecified atom stereocenters. The molecule has 0 aromatic heterocycles. The van der Waals surface area contributed by atoms with Gasteiger partial charge in [0.2, 0.25) is 0 Å². The molecule has 20 heavy (non-hydrogen) atoms. The van der Waals surface area contributed by atoms with Gasteiger partial charge in [0.15, 0.2) is 5.75 Å². The van der Waals surface area contributed by atoms with Crippen LogP contribution in [0.5, 0.6) is 5.75 Å². The van der Waals surface area contributed by atoms with Crippen molar-refractivity contribution in [3.8, 4) is 5.75 Å². The van der Waals surface area contributed by atoms with Crippen LogP contribution in [0.25, 0.3) is 0 Å². The molecule has 1 aromatic rings. The third-order valence-electron chi connectivity index (χ3n) is 2.75. The fraction of sp³-hybridized carbons (Fsp3) is 0.462. The lowest BCUT2D eigenvalue weighted by Gasteiger charge is -2.17. The minimum atomic E-state index is -0.546. The van der Waals surface area contributed by atoms with Crippen LogP contribution in [0.3, 0.4) is 0 Å². The first kappa shape index (κ1) is 15.9. The van der Waals surface area contributed by atoms with Crippen LogP contribution in [0, 0.1) is 10.1 Å². The Hall–Kier alpha value is -2.15. The molecule has 0 heterocycles. The quantitative estimate of drug-likeness (QED) is 0.601. The SMILES string of the molecule is CCOc1ccc(C(=O)N(C)CCNC)cc1[N+](=O)[O-]. The van der Waals surface area contributed by atoms with Gasteiger partial charge in [-0.1, -0.05) is 0 Å². The number of hydrogen-bond acceptors (Lipinski definition) is 5. The van der Waals surface area contributed by atoms with Gasteiger partial charge in [-0.25, -0.2) is 0 Å². The number of amides is 1. The number of ether oxygens (including phenoxy) is 1. The minimum Gasteiger partial charge on any atom is -0.487 e. The minimum absolute atomic E-state index is 0.173. The Balaban J connectivity index is 2.99. The molecule has 7 heteroatoms. The number of benzene rings is 1. The van der Waals surface area contributed by atoms with Crippen molar-refractivity contribution in [1.29, 1.82) is 0 Å². The largest absolute Gasteiger partial charge is 0.487 e. The Bertz CT molecular complexity index is 491. The highest BCUT2D eigenvalue weighted by atomic mass is 16.6. The fourth-order valence-electron chi connectivity index (χ4n) is 1.67. The molecule has 1 N–H and O–H groups in total. The predicted octanol–water partition coefficient (Wildman–Crippen LogP) is 1.28.